The van der Waals surface area contributed by atoms with Crippen molar-refractivity contribution in [2.45, 2.75) is 71.0 Å². The molecule has 0 aromatic heterocycles. The number of alkyl halides is 3. The summed E-state index contributed by atoms with van der Waals surface area (Å²) in [6.45, 7) is 10.1. The van der Waals surface area contributed by atoms with Crippen LogP contribution in [0.1, 0.15) is 69.9 Å². The zero-order chi connectivity index (χ0) is 27.5. The molecule has 0 N–H and O–H groups in total. The molecule has 1 amide bonds. The monoisotopic (exact) mass is 549 g/mol. The largest absolute Gasteiger partial charge is 0.417 e. The topological polar surface area (TPSA) is 53.8 Å². The predicted octanol–water partition coefficient (Wildman–Crippen LogP) is 5.27. The van der Waals surface area contributed by atoms with Crippen LogP contribution in [-0.2, 0) is 11.0 Å². The van der Waals surface area contributed by atoms with E-state index in [-0.39, 0.29) is 16.9 Å². The van der Waals surface area contributed by atoms with Crippen LogP contribution >= 0.6 is 12.2 Å². The number of carbonyl (C=O) groups is 1. The van der Waals surface area contributed by atoms with Gasteiger partial charge in [-0.2, -0.15) is 18.4 Å². The van der Waals surface area contributed by atoms with Crippen molar-refractivity contribution in [1.29, 1.82) is 5.26 Å². The van der Waals surface area contributed by atoms with Crippen molar-refractivity contribution in [3.05, 3.63) is 29.3 Å². The molecule has 3 aliphatic heterocycles. The third-order valence-corrected chi connectivity index (χ3v) is 8.59. The molecule has 0 radical (unpaired) electrons. The summed E-state index contributed by atoms with van der Waals surface area (Å²) in [7, 11) is 0. The number of rotatable bonds is 10. The highest BCUT2D eigenvalue weighted by Crippen LogP contribution is 2.37. The second-order valence-corrected chi connectivity index (χ2v) is 11.8. The van der Waals surface area contributed by atoms with E-state index in [0.29, 0.717) is 29.9 Å². The van der Waals surface area contributed by atoms with Crippen LogP contribution in [0.2, 0.25) is 0 Å². The zero-order valence-corrected chi connectivity index (χ0v) is 23.2. The van der Waals surface area contributed by atoms with Gasteiger partial charge in [-0.15, -0.1) is 0 Å². The minimum Gasteiger partial charge on any atom is -0.347 e. The molecule has 3 fully saturated rings. The van der Waals surface area contributed by atoms with E-state index in [2.05, 4.69) is 23.6 Å². The molecular weight excluding hydrogens is 511 g/mol. The smallest absolute Gasteiger partial charge is 0.347 e. The predicted molar refractivity (Wildman–Crippen MR) is 146 cm³/mol. The molecule has 0 spiro atoms. The van der Waals surface area contributed by atoms with Crippen LogP contribution < -0.4 is 4.90 Å². The first-order valence-electron chi connectivity index (χ1n) is 13.7. The Balaban J connectivity index is 1.22. The average Bonchev–Trinajstić information content (AvgIpc) is 3.56. The van der Waals surface area contributed by atoms with Gasteiger partial charge in [-0.25, -0.2) is 0 Å². The first-order chi connectivity index (χ1) is 18.0. The number of halogens is 3. The molecule has 208 valence electrons. The summed E-state index contributed by atoms with van der Waals surface area (Å²) in [6, 6.07) is 5.69. The van der Waals surface area contributed by atoms with E-state index >= 15 is 0 Å². The maximum absolute atomic E-state index is 13.4. The van der Waals surface area contributed by atoms with E-state index in [1.165, 1.54) is 25.0 Å². The number of nitriles is 1. The van der Waals surface area contributed by atoms with Gasteiger partial charge in [0.15, 0.2) is 5.11 Å². The van der Waals surface area contributed by atoms with Crippen molar-refractivity contribution >= 4 is 28.9 Å². The van der Waals surface area contributed by atoms with Gasteiger partial charge in [0.25, 0.3) is 0 Å². The molecular formula is C28H38F3N5OS. The number of carbonyl (C=O) groups excluding carboxylic acids is 1. The summed E-state index contributed by atoms with van der Waals surface area (Å²) in [4.78, 5) is 21.4. The Morgan fingerprint density at radius 1 is 1.05 bits per heavy atom. The summed E-state index contributed by atoms with van der Waals surface area (Å²) in [5.74, 6) is 0.278. The number of nitrogens with zero attached hydrogens (tertiary/aromatic N) is 5. The van der Waals surface area contributed by atoms with Gasteiger partial charge in [0, 0.05) is 49.9 Å². The second kappa shape index (κ2) is 11.8. The number of amides is 1. The van der Waals surface area contributed by atoms with Crippen molar-refractivity contribution in [2.75, 3.05) is 50.7 Å². The maximum Gasteiger partial charge on any atom is 0.417 e. The quantitative estimate of drug-likeness (QED) is 0.293. The molecule has 10 heteroatoms. The lowest BCUT2D eigenvalue weighted by Crippen LogP contribution is -2.42. The first-order valence-corrected chi connectivity index (χ1v) is 14.1. The number of anilines is 1. The molecule has 3 aliphatic rings. The van der Waals surface area contributed by atoms with Crippen LogP contribution in [-0.4, -0.2) is 77.6 Å². The van der Waals surface area contributed by atoms with Gasteiger partial charge in [-0.05, 0) is 75.6 Å². The Hall–Kier alpha value is -2.38. The van der Waals surface area contributed by atoms with Gasteiger partial charge in [0.1, 0.15) is 0 Å². The molecule has 0 bridgehead atoms. The Kier molecular flexibility index (Phi) is 8.88. The summed E-state index contributed by atoms with van der Waals surface area (Å²) >= 11 is 5.58. The molecule has 0 unspecified atom stereocenters. The molecule has 6 nitrogen and oxygen atoms in total. The fraction of sp³-hybridized carbons (Fsp3) is 0.679. The summed E-state index contributed by atoms with van der Waals surface area (Å²) < 4.78 is 40.1. The van der Waals surface area contributed by atoms with Crippen LogP contribution in [0, 0.1) is 16.7 Å². The average molecular weight is 550 g/mol. The van der Waals surface area contributed by atoms with E-state index in [1.54, 1.807) is 11.0 Å². The number of benzene rings is 1. The minimum absolute atomic E-state index is 0.278. The van der Waals surface area contributed by atoms with E-state index in [0.717, 1.165) is 70.9 Å². The summed E-state index contributed by atoms with van der Waals surface area (Å²) in [5.41, 5.74) is -1.23. The van der Waals surface area contributed by atoms with E-state index in [9.17, 15) is 18.0 Å². The third kappa shape index (κ3) is 6.42. The fourth-order valence-corrected chi connectivity index (χ4v) is 6.43. The number of thiocarbonyl (C=S) groups is 1. The van der Waals surface area contributed by atoms with Crippen molar-refractivity contribution in [2.24, 2.45) is 5.41 Å². The maximum atomic E-state index is 13.4. The van der Waals surface area contributed by atoms with Gasteiger partial charge in [0.2, 0.25) is 5.91 Å². The van der Waals surface area contributed by atoms with Crippen LogP contribution in [0.25, 0.3) is 0 Å². The van der Waals surface area contributed by atoms with Crippen molar-refractivity contribution in [1.82, 2.24) is 14.7 Å². The molecule has 3 heterocycles. The Morgan fingerprint density at radius 2 is 1.74 bits per heavy atom. The van der Waals surface area contributed by atoms with Gasteiger partial charge in [-0.3, -0.25) is 4.79 Å². The first kappa shape index (κ1) is 28.6. The second-order valence-electron chi connectivity index (χ2n) is 11.4. The van der Waals surface area contributed by atoms with Crippen LogP contribution in [0.5, 0.6) is 0 Å². The number of likely N-dealkylation sites (tertiary alicyclic amines) is 2. The number of hydrogen-bond donors (Lipinski definition) is 0. The van der Waals surface area contributed by atoms with Gasteiger partial charge >= 0.3 is 6.18 Å². The SMILES string of the molecule is CC1(C)C[C@@H](CN2CCCC2)N(CCCCCCN2CCN(c3ccc(C#N)c(C(F)(F)F)c3)C2=S)C1=O. The third-order valence-electron chi connectivity index (χ3n) is 8.11. The van der Waals surface area contributed by atoms with Crippen LogP contribution in [0.15, 0.2) is 18.2 Å². The Labute approximate surface area is 229 Å². The standard InChI is InChI=1S/C28H38F3N5OS/c1-27(2)18-23(20-33-11-7-8-12-33)35(25(27)37)14-6-4-3-5-13-34-15-16-36(26(34)38)22-10-9-21(19-32)24(17-22)28(29,30)31/h9-10,17,23H,3-8,11-16,18,20H2,1-2H3/t23-/m0/s1. The molecule has 0 aliphatic carbocycles. The number of hydrogen-bond acceptors (Lipinski definition) is 4. The highest BCUT2D eigenvalue weighted by molar-refractivity contribution is 7.80. The fourth-order valence-electron chi connectivity index (χ4n) is 6.05. The zero-order valence-electron chi connectivity index (χ0n) is 22.4. The molecule has 1 aromatic carbocycles. The van der Waals surface area contributed by atoms with Crippen LogP contribution in [0.3, 0.4) is 0 Å². The lowest BCUT2D eigenvalue weighted by molar-refractivity contribution is -0.138. The highest BCUT2D eigenvalue weighted by atomic mass is 32.1. The molecule has 0 saturated carbocycles. The minimum atomic E-state index is -4.59. The molecule has 1 atom stereocenters. The number of unbranched alkanes of at least 4 members (excludes halogenated alkanes) is 3. The lowest BCUT2D eigenvalue weighted by Gasteiger charge is -2.28. The van der Waals surface area contributed by atoms with Gasteiger partial charge in [-0.1, -0.05) is 26.7 Å². The highest BCUT2D eigenvalue weighted by Gasteiger charge is 2.45. The van der Waals surface area contributed by atoms with Crippen molar-refractivity contribution in [3.63, 3.8) is 0 Å². The molecule has 38 heavy (non-hydrogen) atoms. The van der Waals surface area contributed by atoms with E-state index in [4.69, 9.17) is 17.5 Å². The van der Waals surface area contributed by atoms with Crippen molar-refractivity contribution in [3.8, 4) is 6.07 Å². The van der Waals surface area contributed by atoms with Crippen LogP contribution in [0.4, 0.5) is 18.9 Å². The molecule has 3 saturated heterocycles. The van der Waals surface area contributed by atoms with E-state index < -0.39 is 11.7 Å². The summed E-state index contributed by atoms with van der Waals surface area (Å²) in [6.07, 6.45) is 2.79. The van der Waals surface area contributed by atoms with E-state index in [1.807, 2.05) is 4.90 Å². The van der Waals surface area contributed by atoms with Gasteiger partial charge < -0.3 is 19.6 Å². The Morgan fingerprint density at radius 3 is 2.39 bits per heavy atom. The lowest BCUT2D eigenvalue weighted by atomic mass is 9.90. The summed E-state index contributed by atoms with van der Waals surface area (Å²) in [5, 5.41) is 9.57. The van der Waals surface area contributed by atoms with Crippen molar-refractivity contribution < 1.29 is 18.0 Å². The molecule has 4 rings (SSSR count). The normalized spacial score (nSPS) is 22.1. The molecule has 1 aromatic rings. The van der Waals surface area contributed by atoms with Gasteiger partial charge in [0.05, 0.1) is 17.2 Å². The Bertz CT molecular complexity index is 1060.